The number of carbonyl (C=O) groups excluding carboxylic acids is 3. The van der Waals surface area contributed by atoms with E-state index in [0.717, 1.165) is 0 Å². The summed E-state index contributed by atoms with van der Waals surface area (Å²) in [4.78, 5) is 35.7. The molecule has 0 aliphatic rings. The fourth-order valence-electron chi connectivity index (χ4n) is 1.58. The van der Waals surface area contributed by atoms with Crippen molar-refractivity contribution < 1.29 is 23.9 Å². The van der Waals surface area contributed by atoms with Gasteiger partial charge in [0.1, 0.15) is 5.60 Å². The number of carbonyl (C=O) groups is 3. The molecule has 0 saturated carbocycles. The fraction of sp³-hybridized carbons (Fsp3) is 0.438. The topological polar surface area (TPSA) is 72.9 Å². The number of esters is 1. The molecular weight excluding hydrogens is 286 g/mol. The molecule has 0 aromatic heterocycles. The number of rotatable bonds is 4. The van der Waals surface area contributed by atoms with Crippen LogP contribution in [0.15, 0.2) is 24.3 Å². The Bertz CT molecular complexity index is 557. The minimum absolute atomic E-state index is 0.0737. The van der Waals surface area contributed by atoms with Gasteiger partial charge in [0.2, 0.25) is 0 Å². The fourth-order valence-corrected chi connectivity index (χ4v) is 1.58. The molecule has 0 fully saturated rings. The summed E-state index contributed by atoms with van der Waals surface area (Å²) in [5, 5.41) is 0. The summed E-state index contributed by atoms with van der Waals surface area (Å²) in [5.74, 6) is -0.579. The molecule has 0 spiro atoms. The van der Waals surface area contributed by atoms with E-state index >= 15 is 0 Å². The molecular formula is C16H21NO5. The van der Waals surface area contributed by atoms with Crippen molar-refractivity contribution in [3.8, 4) is 0 Å². The Morgan fingerprint density at radius 3 is 2.00 bits per heavy atom. The zero-order chi connectivity index (χ0) is 16.9. The third-order valence-corrected chi connectivity index (χ3v) is 2.60. The zero-order valence-corrected chi connectivity index (χ0v) is 13.5. The number of ether oxygens (including phenoxy) is 2. The number of benzene rings is 1. The molecule has 0 heterocycles. The van der Waals surface area contributed by atoms with Crippen molar-refractivity contribution in [2.75, 3.05) is 11.6 Å². The van der Waals surface area contributed by atoms with Crippen LogP contribution in [0.4, 0.5) is 10.5 Å². The maximum absolute atomic E-state index is 12.2. The Morgan fingerprint density at radius 1 is 1.05 bits per heavy atom. The average Bonchev–Trinajstić information content (AvgIpc) is 2.37. The van der Waals surface area contributed by atoms with E-state index in [1.165, 1.54) is 18.7 Å². The van der Waals surface area contributed by atoms with Gasteiger partial charge in [0.05, 0.1) is 5.69 Å². The van der Waals surface area contributed by atoms with Gasteiger partial charge in [-0.1, -0.05) is 0 Å². The first kappa shape index (κ1) is 17.7. The molecule has 1 amide bonds. The van der Waals surface area contributed by atoms with Gasteiger partial charge < -0.3 is 9.47 Å². The van der Waals surface area contributed by atoms with Crippen LogP contribution in [0.3, 0.4) is 0 Å². The summed E-state index contributed by atoms with van der Waals surface area (Å²) >= 11 is 0. The molecule has 0 N–H and O–H groups in total. The summed E-state index contributed by atoms with van der Waals surface area (Å²) in [6.45, 7) is 7.69. The lowest BCUT2D eigenvalue weighted by Crippen LogP contribution is -2.38. The van der Waals surface area contributed by atoms with Crippen molar-refractivity contribution in [2.24, 2.45) is 0 Å². The lowest BCUT2D eigenvalue weighted by molar-refractivity contribution is -0.140. The van der Waals surface area contributed by atoms with Gasteiger partial charge in [-0.15, -0.1) is 0 Å². The van der Waals surface area contributed by atoms with Crippen LogP contribution >= 0.6 is 0 Å². The highest BCUT2D eigenvalue weighted by atomic mass is 16.6. The standard InChI is InChI=1S/C16H21NO5/c1-11(18)13-6-8-14(9-7-13)17(10-21-12(2)19)15(20)22-16(3,4)5/h6-9H,10H2,1-5H3. The number of hydrogen-bond acceptors (Lipinski definition) is 5. The van der Waals surface area contributed by atoms with E-state index in [4.69, 9.17) is 9.47 Å². The van der Waals surface area contributed by atoms with Crippen LogP contribution in [0, 0.1) is 0 Å². The Kier molecular flexibility index (Phi) is 5.68. The van der Waals surface area contributed by atoms with Crippen molar-refractivity contribution in [1.29, 1.82) is 0 Å². The van der Waals surface area contributed by atoms with Crippen molar-refractivity contribution in [2.45, 2.75) is 40.2 Å². The van der Waals surface area contributed by atoms with E-state index in [0.29, 0.717) is 11.3 Å². The minimum Gasteiger partial charge on any atom is -0.444 e. The molecule has 1 aromatic carbocycles. The molecule has 0 aliphatic heterocycles. The molecule has 0 radical (unpaired) electrons. The third-order valence-electron chi connectivity index (χ3n) is 2.60. The second-order valence-corrected chi connectivity index (χ2v) is 5.78. The summed E-state index contributed by atoms with van der Waals surface area (Å²) in [5.41, 5.74) is 0.325. The van der Waals surface area contributed by atoms with Gasteiger partial charge in [0, 0.05) is 12.5 Å². The molecule has 0 atom stereocenters. The van der Waals surface area contributed by atoms with Gasteiger partial charge in [0.25, 0.3) is 0 Å². The predicted octanol–water partition coefficient (Wildman–Crippen LogP) is 3.15. The third kappa shape index (κ3) is 5.55. The van der Waals surface area contributed by atoms with E-state index in [9.17, 15) is 14.4 Å². The van der Waals surface area contributed by atoms with Crippen LogP contribution in [-0.2, 0) is 14.3 Å². The summed E-state index contributed by atoms with van der Waals surface area (Å²) < 4.78 is 10.2. The van der Waals surface area contributed by atoms with Crippen LogP contribution in [0.1, 0.15) is 45.0 Å². The molecule has 0 saturated heterocycles. The number of ketones is 1. The molecule has 6 nitrogen and oxygen atoms in total. The maximum atomic E-state index is 12.2. The van der Waals surface area contributed by atoms with Crippen LogP contribution in [-0.4, -0.2) is 30.2 Å². The number of amides is 1. The number of Topliss-reactive ketones (excluding diaryl/α,β-unsaturated/α-hetero) is 1. The van der Waals surface area contributed by atoms with Crippen molar-refractivity contribution in [3.05, 3.63) is 29.8 Å². The van der Waals surface area contributed by atoms with Crippen LogP contribution < -0.4 is 4.90 Å². The molecule has 120 valence electrons. The molecule has 0 bridgehead atoms. The highest BCUT2D eigenvalue weighted by Crippen LogP contribution is 2.19. The quantitative estimate of drug-likeness (QED) is 0.485. The first-order chi connectivity index (χ1) is 10.1. The monoisotopic (exact) mass is 307 g/mol. The molecule has 0 unspecified atom stereocenters. The second kappa shape index (κ2) is 7.06. The highest BCUT2D eigenvalue weighted by Gasteiger charge is 2.24. The van der Waals surface area contributed by atoms with Crippen LogP contribution in [0.5, 0.6) is 0 Å². The van der Waals surface area contributed by atoms with Gasteiger partial charge >= 0.3 is 12.1 Å². The maximum Gasteiger partial charge on any atom is 0.417 e. The van der Waals surface area contributed by atoms with E-state index in [1.54, 1.807) is 45.0 Å². The van der Waals surface area contributed by atoms with Gasteiger partial charge in [0.15, 0.2) is 12.5 Å². The molecule has 1 rings (SSSR count). The van der Waals surface area contributed by atoms with E-state index in [2.05, 4.69) is 0 Å². The molecule has 6 heteroatoms. The summed E-state index contributed by atoms with van der Waals surface area (Å²) in [6, 6.07) is 6.40. The van der Waals surface area contributed by atoms with Crippen molar-refractivity contribution in [1.82, 2.24) is 0 Å². The van der Waals surface area contributed by atoms with Gasteiger partial charge in [-0.2, -0.15) is 0 Å². The summed E-state index contributed by atoms with van der Waals surface area (Å²) in [7, 11) is 0. The Balaban J connectivity index is 3.00. The average molecular weight is 307 g/mol. The Morgan fingerprint density at radius 2 is 1.59 bits per heavy atom. The largest absolute Gasteiger partial charge is 0.444 e. The number of nitrogens with zero attached hydrogens (tertiary/aromatic N) is 1. The number of anilines is 1. The lowest BCUT2D eigenvalue weighted by atomic mass is 10.1. The molecule has 0 aliphatic carbocycles. The van der Waals surface area contributed by atoms with Gasteiger partial charge in [-0.25, -0.2) is 9.69 Å². The van der Waals surface area contributed by atoms with E-state index in [-0.39, 0.29) is 12.5 Å². The minimum atomic E-state index is -0.676. The second-order valence-electron chi connectivity index (χ2n) is 5.78. The van der Waals surface area contributed by atoms with Crippen LogP contribution in [0.25, 0.3) is 0 Å². The normalized spacial score (nSPS) is 10.8. The Hall–Kier alpha value is -2.37. The first-order valence-electron chi connectivity index (χ1n) is 6.85. The molecule has 1 aromatic rings. The first-order valence-corrected chi connectivity index (χ1v) is 6.85. The molecule has 22 heavy (non-hydrogen) atoms. The van der Waals surface area contributed by atoms with E-state index in [1.807, 2.05) is 0 Å². The zero-order valence-electron chi connectivity index (χ0n) is 13.5. The lowest BCUT2D eigenvalue weighted by Gasteiger charge is -2.27. The number of hydrogen-bond donors (Lipinski definition) is 0. The summed E-state index contributed by atoms with van der Waals surface area (Å²) in [6.07, 6.45) is -0.635. The van der Waals surface area contributed by atoms with Gasteiger partial charge in [-0.05, 0) is 52.0 Å². The Labute approximate surface area is 130 Å². The predicted molar refractivity (Wildman–Crippen MR) is 81.8 cm³/mol. The highest BCUT2D eigenvalue weighted by molar-refractivity contribution is 5.95. The SMILES string of the molecule is CC(=O)OCN(C(=O)OC(C)(C)C)c1ccc(C(C)=O)cc1. The van der Waals surface area contributed by atoms with E-state index < -0.39 is 17.7 Å². The van der Waals surface area contributed by atoms with Crippen molar-refractivity contribution in [3.63, 3.8) is 0 Å². The van der Waals surface area contributed by atoms with Crippen molar-refractivity contribution >= 4 is 23.5 Å². The van der Waals surface area contributed by atoms with Gasteiger partial charge in [-0.3, -0.25) is 9.59 Å². The van der Waals surface area contributed by atoms with Crippen LogP contribution in [0.2, 0.25) is 0 Å². The smallest absolute Gasteiger partial charge is 0.417 e.